The van der Waals surface area contributed by atoms with Crippen LogP contribution in [0.15, 0.2) is 100 Å². The van der Waals surface area contributed by atoms with E-state index in [1.165, 1.54) is 27.9 Å². The highest BCUT2D eigenvalue weighted by atomic mass is 32.2. The summed E-state index contributed by atoms with van der Waals surface area (Å²) in [5.74, 6) is -0.993. The number of hydrogen-bond acceptors (Lipinski definition) is 5. The molecule has 1 heterocycles. The van der Waals surface area contributed by atoms with Crippen molar-refractivity contribution >= 4 is 49.1 Å². The summed E-state index contributed by atoms with van der Waals surface area (Å²) >= 11 is -1.38. The minimum absolute atomic E-state index is 0.0511. The molecule has 0 aliphatic heterocycles. The molecule has 2 N–H and O–H groups in total. The minimum Gasteiger partial charge on any atom is -0.478 e. The van der Waals surface area contributed by atoms with Crippen molar-refractivity contribution in [2.75, 3.05) is 4.31 Å². The molecule has 1 aromatic heterocycles. The first-order valence-corrected chi connectivity index (χ1v) is 13.9. The molecule has 0 bridgehead atoms. The average molecular weight is 528 g/mol. The van der Waals surface area contributed by atoms with Gasteiger partial charge in [0, 0.05) is 5.38 Å². The lowest BCUT2D eigenvalue weighted by molar-refractivity contribution is 0.0697. The van der Waals surface area contributed by atoms with Crippen molar-refractivity contribution in [3.05, 3.63) is 107 Å². The predicted molar refractivity (Wildman–Crippen MR) is 136 cm³/mol. The molecule has 0 radical (unpaired) electrons. The third-order valence-corrected chi connectivity index (χ3v) is 9.01. The zero-order valence-electron chi connectivity index (χ0n) is 18.3. The third kappa shape index (κ3) is 5.51. The lowest BCUT2D eigenvalue weighted by Crippen LogP contribution is -2.20. The fourth-order valence-corrected chi connectivity index (χ4v) is 6.93. The molecule has 35 heavy (non-hydrogen) atoms. The number of thiophene rings is 1. The molecular formula is C25H21NO6S3. The average Bonchev–Trinajstić information content (AvgIpc) is 3.35. The Bertz CT molecular complexity index is 1460. The molecule has 0 fully saturated rings. The van der Waals surface area contributed by atoms with Crippen molar-refractivity contribution in [1.29, 1.82) is 0 Å². The van der Waals surface area contributed by atoms with E-state index in [4.69, 9.17) is 5.11 Å². The molecular weight excluding hydrogens is 506 g/mol. The van der Waals surface area contributed by atoms with Gasteiger partial charge in [-0.05, 0) is 60.4 Å². The number of nitrogens with zero attached hydrogens (tertiary/aromatic N) is 1. The maximum absolute atomic E-state index is 13.0. The summed E-state index contributed by atoms with van der Waals surface area (Å²) in [5, 5.41) is 10.8. The van der Waals surface area contributed by atoms with Crippen LogP contribution >= 0.6 is 11.3 Å². The van der Waals surface area contributed by atoms with Gasteiger partial charge < -0.3 is 5.11 Å². The Morgan fingerprint density at radius 1 is 0.886 bits per heavy atom. The normalized spacial score (nSPS) is 12.3. The summed E-state index contributed by atoms with van der Waals surface area (Å²) in [6.07, 6.45) is 1.11. The largest absolute Gasteiger partial charge is 0.478 e. The van der Waals surface area contributed by atoms with E-state index in [0.29, 0.717) is 23.5 Å². The van der Waals surface area contributed by atoms with E-state index in [1.54, 1.807) is 54.6 Å². The van der Waals surface area contributed by atoms with Crippen molar-refractivity contribution in [1.82, 2.24) is 0 Å². The maximum atomic E-state index is 13.0. The van der Waals surface area contributed by atoms with Crippen molar-refractivity contribution < 1.29 is 27.1 Å². The van der Waals surface area contributed by atoms with E-state index >= 15 is 0 Å². The minimum atomic E-state index is -3.76. The van der Waals surface area contributed by atoms with Crippen molar-refractivity contribution in [3.8, 4) is 0 Å². The number of carboxylic acid groups (broad SMARTS) is 1. The summed E-state index contributed by atoms with van der Waals surface area (Å²) in [4.78, 5) is 11.3. The van der Waals surface area contributed by atoms with E-state index < -0.39 is 27.1 Å². The number of aromatic carboxylic acids is 1. The van der Waals surface area contributed by atoms with E-state index in [2.05, 4.69) is 0 Å². The number of hydrogen-bond donors (Lipinski definition) is 2. The summed E-state index contributed by atoms with van der Waals surface area (Å²) in [6.45, 7) is 0. The number of benzene rings is 3. The second kappa shape index (κ2) is 10.5. The van der Waals surface area contributed by atoms with Gasteiger partial charge in [0.1, 0.15) is 5.00 Å². The van der Waals surface area contributed by atoms with E-state index in [-0.39, 0.29) is 15.4 Å². The SMILES string of the molecule is O=C(O)c1ccc(CCc2ccccc2N(c2cc(S(=O)(=O)c3ccccc3)cs2)S(=O)O)cc1. The molecule has 1 atom stereocenters. The van der Waals surface area contributed by atoms with E-state index in [1.807, 2.05) is 12.1 Å². The zero-order valence-corrected chi connectivity index (χ0v) is 20.7. The Morgan fingerprint density at radius 3 is 2.20 bits per heavy atom. The topological polar surface area (TPSA) is 112 Å². The molecule has 1 unspecified atom stereocenters. The predicted octanol–water partition coefficient (Wildman–Crippen LogP) is 5.34. The van der Waals surface area contributed by atoms with Crippen molar-refractivity contribution in [3.63, 3.8) is 0 Å². The van der Waals surface area contributed by atoms with Gasteiger partial charge in [-0.3, -0.25) is 4.55 Å². The summed E-state index contributed by atoms with van der Waals surface area (Å²) in [7, 11) is -3.76. The lowest BCUT2D eigenvalue weighted by atomic mass is 10.0. The monoisotopic (exact) mass is 527 g/mol. The van der Waals surface area contributed by atoms with Crippen LogP contribution in [0, 0.1) is 0 Å². The van der Waals surface area contributed by atoms with Crippen molar-refractivity contribution in [2.45, 2.75) is 22.6 Å². The molecule has 0 aliphatic rings. The number of aryl methyl sites for hydroxylation is 2. The van der Waals surface area contributed by atoms with Crippen LogP contribution in [-0.4, -0.2) is 28.3 Å². The Morgan fingerprint density at radius 2 is 1.54 bits per heavy atom. The van der Waals surface area contributed by atoms with Crippen LogP contribution in [0.2, 0.25) is 0 Å². The van der Waals surface area contributed by atoms with Gasteiger partial charge in [0.15, 0.2) is 0 Å². The Balaban J connectivity index is 1.62. The van der Waals surface area contributed by atoms with Gasteiger partial charge >= 0.3 is 5.97 Å². The van der Waals surface area contributed by atoms with Crippen molar-refractivity contribution in [2.24, 2.45) is 0 Å². The maximum Gasteiger partial charge on any atom is 0.335 e. The van der Waals surface area contributed by atoms with Gasteiger partial charge in [-0.15, -0.1) is 11.3 Å². The van der Waals surface area contributed by atoms with E-state index in [0.717, 1.165) is 22.5 Å². The standard InChI is InChI=1S/C25H21NO6S3/c27-25(28)20-14-11-18(12-15-20)10-13-19-6-4-5-9-23(19)26(34(29)30)24-16-22(17-33-24)35(31,32)21-7-2-1-3-8-21/h1-9,11-12,14-17H,10,13H2,(H,27,28)(H,29,30). The quantitative estimate of drug-likeness (QED) is 0.284. The van der Waals surface area contributed by atoms with Crippen LogP contribution in [0.4, 0.5) is 10.7 Å². The molecule has 3 aromatic carbocycles. The number of sulfone groups is 1. The van der Waals surface area contributed by atoms with E-state index in [9.17, 15) is 22.0 Å². The first kappa shape index (κ1) is 24.8. The number of para-hydroxylation sites is 1. The van der Waals surface area contributed by atoms with Gasteiger partial charge in [0.25, 0.3) is 11.3 Å². The van der Waals surface area contributed by atoms with Gasteiger partial charge in [0.05, 0.1) is 21.0 Å². The first-order chi connectivity index (χ1) is 16.8. The van der Waals surface area contributed by atoms with Crippen LogP contribution in [-0.2, 0) is 33.9 Å². The molecule has 0 saturated carbocycles. The Kier molecular flexibility index (Phi) is 7.46. The fraction of sp³-hybridized carbons (Fsp3) is 0.0800. The van der Waals surface area contributed by atoms with Crippen LogP contribution in [0.3, 0.4) is 0 Å². The summed E-state index contributed by atoms with van der Waals surface area (Å²) in [5.41, 5.74) is 2.41. The zero-order chi connectivity index (χ0) is 25.0. The molecule has 0 saturated heterocycles. The van der Waals surface area contributed by atoms with Gasteiger partial charge in [-0.25, -0.2) is 21.7 Å². The molecule has 4 aromatic rings. The molecule has 180 valence electrons. The Labute approximate surface area is 209 Å². The molecule has 4 rings (SSSR count). The molecule has 0 spiro atoms. The number of anilines is 2. The van der Waals surface area contributed by atoms with Gasteiger partial charge in [0.2, 0.25) is 9.84 Å². The van der Waals surface area contributed by atoms with Crippen LogP contribution < -0.4 is 4.31 Å². The Hall–Kier alpha value is -3.31. The third-order valence-electron chi connectivity index (χ3n) is 5.38. The smallest absolute Gasteiger partial charge is 0.335 e. The van der Waals surface area contributed by atoms with Gasteiger partial charge in [-0.1, -0.05) is 48.5 Å². The van der Waals surface area contributed by atoms with Gasteiger partial charge in [-0.2, -0.15) is 0 Å². The highest BCUT2D eigenvalue weighted by Gasteiger charge is 2.24. The molecule has 0 amide bonds. The number of carbonyl (C=O) groups is 1. The lowest BCUT2D eigenvalue weighted by Gasteiger charge is -2.21. The van der Waals surface area contributed by atoms with Crippen LogP contribution in [0.25, 0.3) is 0 Å². The second-order valence-electron chi connectivity index (χ2n) is 7.59. The molecule has 10 heteroatoms. The molecule has 7 nitrogen and oxygen atoms in total. The number of carboxylic acids is 1. The number of rotatable bonds is 9. The molecule has 0 aliphatic carbocycles. The first-order valence-electron chi connectivity index (χ1n) is 10.5. The van der Waals surface area contributed by atoms with Crippen LogP contribution in [0.5, 0.6) is 0 Å². The second-order valence-corrected chi connectivity index (χ2v) is 11.3. The highest BCUT2D eigenvalue weighted by molar-refractivity contribution is 7.91. The summed E-state index contributed by atoms with van der Waals surface area (Å²) < 4.78 is 49.7. The fourth-order valence-electron chi connectivity index (χ4n) is 3.58. The van der Waals surface area contributed by atoms with Crippen LogP contribution in [0.1, 0.15) is 21.5 Å². The highest BCUT2D eigenvalue weighted by Crippen LogP contribution is 2.37. The summed E-state index contributed by atoms with van der Waals surface area (Å²) in [6, 6.07) is 23.1.